The van der Waals surface area contributed by atoms with E-state index in [1.165, 1.54) is 82.6 Å². The summed E-state index contributed by atoms with van der Waals surface area (Å²) in [5, 5.41) is 7.31. The van der Waals surface area contributed by atoms with Gasteiger partial charge in [0.1, 0.15) is 11.2 Å². The quantitative estimate of drug-likeness (QED) is 0.152. The molecule has 1 aliphatic carbocycles. The van der Waals surface area contributed by atoms with Crippen LogP contribution < -0.4 is 4.90 Å². The van der Waals surface area contributed by atoms with Gasteiger partial charge in [-0.2, -0.15) is 0 Å². The largest absolute Gasteiger partial charge is 0.456 e. The Bertz CT molecular complexity index is 4850. The smallest absolute Gasteiger partial charge is 0.135 e. The van der Waals surface area contributed by atoms with Crippen LogP contribution in [-0.2, 0) is 5.41 Å². The van der Waals surface area contributed by atoms with E-state index in [2.05, 4.69) is 289 Å². The van der Waals surface area contributed by atoms with E-state index in [-0.39, 0.29) is 5.41 Å². The van der Waals surface area contributed by atoms with Crippen molar-refractivity contribution in [2.45, 2.75) is 19.3 Å². The third-order valence-corrected chi connectivity index (χ3v) is 16.9. The molecule has 0 amide bonds. The van der Waals surface area contributed by atoms with Crippen molar-refractivity contribution in [3.63, 3.8) is 0 Å². The predicted molar refractivity (Wildman–Crippen MR) is 331 cm³/mol. The summed E-state index contributed by atoms with van der Waals surface area (Å²) in [7, 11) is 0. The Morgan fingerprint density at radius 3 is 1.35 bits per heavy atom. The van der Waals surface area contributed by atoms with Gasteiger partial charge in [-0.25, -0.2) is 0 Å². The van der Waals surface area contributed by atoms with E-state index < -0.39 is 0 Å². The summed E-state index contributed by atoms with van der Waals surface area (Å²) >= 11 is 0. The third-order valence-electron chi connectivity index (χ3n) is 16.9. The van der Waals surface area contributed by atoms with Crippen molar-refractivity contribution < 1.29 is 4.42 Å². The van der Waals surface area contributed by atoms with E-state index >= 15 is 0 Å². The van der Waals surface area contributed by atoms with Crippen LogP contribution in [0.5, 0.6) is 0 Å². The normalized spacial score (nSPS) is 12.8. The number of hydrogen-bond acceptors (Lipinski definition) is 2. The number of anilines is 3. The number of fused-ring (bicyclic) bond motifs is 12. The van der Waals surface area contributed by atoms with E-state index in [0.717, 1.165) is 67.1 Å². The van der Waals surface area contributed by atoms with Crippen LogP contribution >= 0.6 is 0 Å². The zero-order valence-electron chi connectivity index (χ0n) is 43.7. The van der Waals surface area contributed by atoms with Crippen LogP contribution in [0.15, 0.2) is 277 Å². The summed E-state index contributed by atoms with van der Waals surface area (Å²) in [6.07, 6.45) is 0. The van der Waals surface area contributed by atoms with E-state index in [4.69, 9.17) is 4.42 Å². The maximum absolute atomic E-state index is 6.20. The highest BCUT2D eigenvalue weighted by atomic mass is 16.3. The summed E-state index contributed by atoms with van der Waals surface area (Å²) in [5.74, 6) is 0. The number of para-hydroxylation sites is 5. The summed E-state index contributed by atoms with van der Waals surface area (Å²) in [6.45, 7) is 4.78. The van der Waals surface area contributed by atoms with Crippen LogP contribution in [0.3, 0.4) is 0 Å². The molecule has 4 nitrogen and oxygen atoms in total. The SMILES string of the molecule is CC1(C)c2cc(-c3ccc4c5ccccc5n(-c5ccccc5)c4c3)ccc2-c2ccc(N(c3ccc(-c4ccc(-n5c6ccccc6c6ccccc65)cc4)cc3)c3ccc(-c4ccc5oc6ccccc6c5c4)cc3)cc21. The molecule has 0 radical (unpaired) electrons. The molecule has 0 atom stereocenters. The summed E-state index contributed by atoms with van der Waals surface area (Å²) in [4.78, 5) is 2.41. The molecule has 0 spiro atoms. The van der Waals surface area contributed by atoms with Gasteiger partial charge in [0, 0.05) is 66.2 Å². The lowest BCUT2D eigenvalue weighted by atomic mass is 9.81. The molecule has 79 heavy (non-hydrogen) atoms. The highest BCUT2D eigenvalue weighted by Crippen LogP contribution is 2.52. The van der Waals surface area contributed by atoms with E-state index in [1.807, 2.05) is 12.1 Å². The van der Waals surface area contributed by atoms with Gasteiger partial charge in [0.15, 0.2) is 0 Å². The fraction of sp³-hybridized carbons (Fsp3) is 0.0400. The standard InChI is InChI=1S/C75H51N3O/c1-75(2)67-45-52(53-31-41-64-63-18-8-12-22-71(63)78(72(64)46-53)54-14-4-3-5-15-54)30-40-59(67)60-42-39-58(47-68(60)75)76(56-35-28-50(29-36-56)51-32-43-74-66(44-51)65-19-9-13-23-73(65)79-74)55-33-24-48(25-34-55)49-26-37-57(38-27-49)77-69-20-10-6-16-61(69)62-17-7-11-21-70(62)77/h3-47H,1-2H3. The van der Waals surface area contributed by atoms with Gasteiger partial charge in [0.05, 0.1) is 22.1 Å². The lowest BCUT2D eigenvalue weighted by molar-refractivity contribution is 0.660. The van der Waals surface area contributed by atoms with Gasteiger partial charge in [-0.3, -0.25) is 0 Å². The van der Waals surface area contributed by atoms with Gasteiger partial charge in [0.2, 0.25) is 0 Å². The zero-order valence-corrected chi connectivity index (χ0v) is 43.7. The number of rotatable bonds is 8. The Kier molecular flexibility index (Phi) is 9.95. The molecular formula is C75H51N3O. The molecule has 0 bridgehead atoms. The minimum Gasteiger partial charge on any atom is -0.456 e. The van der Waals surface area contributed by atoms with Gasteiger partial charge >= 0.3 is 0 Å². The Morgan fingerprint density at radius 1 is 0.291 bits per heavy atom. The average molecular weight is 1010 g/mol. The van der Waals surface area contributed by atoms with Crippen LogP contribution in [0, 0.1) is 0 Å². The summed E-state index contributed by atoms with van der Waals surface area (Å²) < 4.78 is 11.0. The second-order valence-electron chi connectivity index (χ2n) is 21.7. The van der Waals surface area contributed by atoms with E-state index in [9.17, 15) is 0 Å². The van der Waals surface area contributed by atoms with Crippen molar-refractivity contribution in [2.24, 2.45) is 0 Å². The Hall–Kier alpha value is -10.2. The third kappa shape index (κ3) is 7.08. The van der Waals surface area contributed by atoms with Crippen molar-refractivity contribution in [1.29, 1.82) is 0 Å². The average Bonchev–Trinajstić information content (AvgIpc) is 4.31. The molecule has 0 unspecified atom stereocenters. The van der Waals surface area contributed by atoms with Crippen LogP contribution in [-0.4, -0.2) is 9.13 Å². The Morgan fingerprint density at radius 2 is 0.709 bits per heavy atom. The first-order chi connectivity index (χ1) is 38.9. The molecule has 4 heteroatoms. The predicted octanol–water partition coefficient (Wildman–Crippen LogP) is 20.6. The minimum atomic E-state index is -0.263. The van der Waals surface area contributed by atoms with Crippen molar-refractivity contribution in [3.05, 3.63) is 284 Å². The van der Waals surface area contributed by atoms with Crippen molar-refractivity contribution in [1.82, 2.24) is 9.13 Å². The van der Waals surface area contributed by atoms with Crippen LogP contribution in [0.1, 0.15) is 25.0 Å². The Balaban J connectivity index is 0.767. The van der Waals surface area contributed by atoms with Gasteiger partial charge < -0.3 is 18.5 Å². The fourth-order valence-corrected chi connectivity index (χ4v) is 13.0. The van der Waals surface area contributed by atoms with Gasteiger partial charge in [0.25, 0.3) is 0 Å². The molecule has 0 saturated carbocycles. The number of furan rings is 1. The molecule has 15 aromatic rings. The van der Waals surface area contributed by atoms with Crippen LogP contribution in [0.4, 0.5) is 17.1 Å². The molecule has 0 aliphatic heterocycles. The number of hydrogen-bond donors (Lipinski definition) is 0. The summed E-state index contributed by atoms with van der Waals surface area (Å²) in [6, 6.07) is 100.0. The first kappa shape index (κ1) is 45.1. The zero-order chi connectivity index (χ0) is 52.3. The first-order valence-corrected chi connectivity index (χ1v) is 27.3. The molecule has 3 heterocycles. The maximum Gasteiger partial charge on any atom is 0.135 e. The molecule has 372 valence electrons. The lowest BCUT2D eigenvalue weighted by Gasteiger charge is -2.28. The van der Waals surface area contributed by atoms with Crippen LogP contribution in [0.2, 0.25) is 0 Å². The lowest BCUT2D eigenvalue weighted by Crippen LogP contribution is -2.16. The number of nitrogens with zero attached hydrogens (tertiary/aromatic N) is 3. The second kappa shape index (κ2) is 17.4. The van der Waals surface area contributed by atoms with Gasteiger partial charge in [-0.15, -0.1) is 0 Å². The van der Waals surface area contributed by atoms with E-state index in [1.54, 1.807) is 0 Å². The molecule has 0 saturated heterocycles. The second-order valence-corrected chi connectivity index (χ2v) is 21.7. The monoisotopic (exact) mass is 1010 g/mol. The van der Waals surface area contributed by atoms with Crippen molar-refractivity contribution in [3.8, 4) is 55.9 Å². The molecule has 16 rings (SSSR count). The fourth-order valence-electron chi connectivity index (χ4n) is 13.0. The number of benzene rings is 12. The molecule has 0 N–H and O–H groups in total. The van der Waals surface area contributed by atoms with Gasteiger partial charge in [-0.05, 0) is 165 Å². The van der Waals surface area contributed by atoms with Crippen LogP contribution in [0.25, 0.3) is 121 Å². The molecular weight excluding hydrogens is 959 g/mol. The topological polar surface area (TPSA) is 26.2 Å². The molecule has 1 aliphatic rings. The highest BCUT2D eigenvalue weighted by molar-refractivity contribution is 6.11. The minimum absolute atomic E-state index is 0.263. The molecule has 3 aromatic heterocycles. The van der Waals surface area contributed by atoms with Crippen molar-refractivity contribution >= 4 is 82.6 Å². The van der Waals surface area contributed by atoms with Crippen molar-refractivity contribution in [2.75, 3.05) is 4.90 Å². The Labute approximate surface area is 457 Å². The molecule has 12 aromatic carbocycles. The van der Waals surface area contributed by atoms with Gasteiger partial charge in [-0.1, -0.05) is 178 Å². The summed E-state index contributed by atoms with van der Waals surface area (Å²) in [5.41, 5.74) is 24.3. The maximum atomic E-state index is 6.20. The molecule has 0 fully saturated rings. The van der Waals surface area contributed by atoms with E-state index in [0.29, 0.717) is 0 Å². The first-order valence-electron chi connectivity index (χ1n) is 27.3. The number of aromatic nitrogens is 2. The highest BCUT2D eigenvalue weighted by Gasteiger charge is 2.36.